The summed E-state index contributed by atoms with van der Waals surface area (Å²) in [7, 11) is -4.95. The van der Waals surface area contributed by atoms with Crippen LogP contribution >= 0.6 is 58.0 Å². The van der Waals surface area contributed by atoms with Gasteiger partial charge in [-0.2, -0.15) is 8.42 Å². The highest BCUT2D eigenvalue weighted by Gasteiger charge is 2.46. The molecule has 0 fully saturated rings. The Balaban J connectivity index is 1.40. The Labute approximate surface area is 305 Å². The minimum Gasteiger partial charge on any atom is -0.479 e. The first-order chi connectivity index (χ1) is 23.4. The fraction of sp³-hybridized carbons (Fsp3) is 0.129. The lowest BCUT2D eigenvalue weighted by atomic mass is 9.98. The van der Waals surface area contributed by atoms with Crippen molar-refractivity contribution >= 4 is 120 Å². The van der Waals surface area contributed by atoms with Crippen LogP contribution in [0.5, 0.6) is 0 Å². The highest BCUT2D eigenvalue weighted by Crippen LogP contribution is 2.47. The third kappa shape index (κ3) is 5.70. The number of benzene rings is 3. The summed E-state index contributed by atoms with van der Waals surface area (Å²) < 4.78 is 38.0. The van der Waals surface area contributed by atoms with E-state index in [0.29, 0.717) is 10.3 Å². The van der Waals surface area contributed by atoms with E-state index in [1.165, 1.54) is 24.3 Å². The number of carboxylic acid groups (broad SMARTS) is 1. The van der Waals surface area contributed by atoms with Gasteiger partial charge in [0.25, 0.3) is 21.9 Å². The molecular weight excluding hydrogens is 786 g/mol. The number of Topliss-reactive ketones (excluding diaryl/α,β-unsaturated/α-hetero) is 2. The lowest BCUT2D eigenvalue weighted by Crippen LogP contribution is -2.30. The number of carbonyl (C=O) groups excluding carboxylic acids is 5. The number of rotatable bonds is 8. The number of para-hydroxylation sites is 1. The molecule has 4 aromatic rings. The zero-order chi connectivity index (χ0) is 36.6. The number of carbonyl (C=O) groups is 6. The summed E-state index contributed by atoms with van der Waals surface area (Å²) in [5.41, 5.74) is -1.82. The molecule has 1 aliphatic carbocycles. The van der Waals surface area contributed by atoms with E-state index in [1.807, 2.05) is 0 Å². The molecule has 6 rings (SSSR count). The minimum absolute atomic E-state index is 0.0332. The number of ether oxygens (including phenoxy) is 1. The van der Waals surface area contributed by atoms with Gasteiger partial charge in [-0.3, -0.25) is 28.5 Å². The molecule has 3 aromatic carbocycles. The van der Waals surface area contributed by atoms with Gasteiger partial charge < -0.3 is 9.84 Å². The van der Waals surface area contributed by atoms with Crippen molar-refractivity contribution in [2.75, 3.05) is 11.5 Å². The van der Waals surface area contributed by atoms with Crippen molar-refractivity contribution in [1.82, 2.24) is 4.98 Å². The summed E-state index contributed by atoms with van der Waals surface area (Å²) in [6.45, 7) is -0.871. The van der Waals surface area contributed by atoms with Crippen LogP contribution in [0.4, 0.5) is 5.69 Å². The van der Waals surface area contributed by atoms with Crippen molar-refractivity contribution in [1.29, 1.82) is 0 Å². The van der Waals surface area contributed by atoms with E-state index in [4.69, 9.17) is 63.1 Å². The maximum atomic E-state index is 13.9. The number of hydrogen-bond acceptors (Lipinski definition) is 10. The number of hydrogen-bond donors (Lipinski definition) is 2. The van der Waals surface area contributed by atoms with Crippen LogP contribution in [0, 0.1) is 0 Å². The van der Waals surface area contributed by atoms with Crippen LogP contribution in [0.15, 0.2) is 41.3 Å². The first-order valence-corrected chi connectivity index (χ1v) is 17.2. The van der Waals surface area contributed by atoms with Gasteiger partial charge in [0, 0.05) is 11.8 Å². The van der Waals surface area contributed by atoms with E-state index in [-0.39, 0.29) is 61.5 Å². The van der Waals surface area contributed by atoms with Gasteiger partial charge in [0.1, 0.15) is 10.8 Å². The first-order valence-electron chi connectivity index (χ1n) is 13.9. The number of anilines is 1. The van der Waals surface area contributed by atoms with Crippen molar-refractivity contribution in [2.24, 2.45) is 0 Å². The van der Waals surface area contributed by atoms with Crippen molar-refractivity contribution in [3.8, 4) is 0 Å². The third-order valence-corrected chi connectivity index (χ3v) is 10.9. The second kappa shape index (κ2) is 12.9. The molecule has 0 radical (unpaired) electrons. The topological polar surface area (TPSA) is 202 Å². The third-order valence-electron chi connectivity index (χ3n) is 7.92. The van der Waals surface area contributed by atoms with E-state index in [0.717, 1.165) is 6.07 Å². The maximum absolute atomic E-state index is 13.9. The maximum Gasteiger partial charge on any atom is 0.341 e. The fourth-order valence-corrected chi connectivity index (χ4v) is 8.21. The molecule has 50 heavy (non-hydrogen) atoms. The summed E-state index contributed by atoms with van der Waals surface area (Å²) in [4.78, 5) is 81.8. The van der Waals surface area contributed by atoms with E-state index in [9.17, 15) is 41.7 Å². The molecule has 1 aliphatic heterocycles. The SMILES string of the molecule is O=C(O)COC(=O)CCc1c(Cl)c(Cl)c2c(c1Cl)C(=O)C(c1ccc3cccc(N4C(=O)c5c(Cl)cc(S(=O)(=O)O)c(Cl)c5C4=O)c3n1)C2=O. The van der Waals surface area contributed by atoms with Gasteiger partial charge in [0.15, 0.2) is 18.2 Å². The van der Waals surface area contributed by atoms with Crippen LogP contribution in [0.3, 0.4) is 0 Å². The second-order valence-corrected chi connectivity index (χ2v) is 14.1. The van der Waals surface area contributed by atoms with Gasteiger partial charge in [-0.1, -0.05) is 76.2 Å². The van der Waals surface area contributed by atoms with E-state index in [2.05, 4.69) is 9.72 Å². The fourth-order valence-electron chi connectivity index (χ4n) is 5.73. The van der Waals surface area contributed by atoms with Gasteiger partial charge in [0.2, 0.25) is 0 Å². The molecule has 0 saturated carbocycles. The molecule has 0 saturated heterocycles. The zero-order valence-electron chi connectivity index (χ0n) is 24.4. The highest BCUT2D eigenvalue weighted by molar-refractivity contribution is 7.86. The average molecular weight is 801 g/mol. The number of carboxylic acids is 1. The molecule has 0 bridgehead atoms. The highest BCUT2D eigenvalue weighted by atomic mass is 35.5. The van der Waals surface area contributed by atoms with Crippen LogP contribution < -0.4 is 4.90 Å². The smallest absolute Gasteiger partial charge is 0.341 e. The Morgan fingerprint density at radius 2 is 1.48 bits per heavy atom. The Bertz CT molecular complexity index is 2420. The van der Waals surface area contributed by atoms with Crippen molar-refractivity contribution in [3.63, 3.8) is 0 Å². The number of nitrogens with zero attached hydrogens (tertiary/aromatic N) is 2. The summed E-state index contributed by atoms with van der Waals surface area (Å²) in [6, 6.07) is 7.97. The number of aromatic nitrogens is 1. The summed E-state index contributed by atoms with van der Waals surface area (Å²) in [5, 5.41) is 7.08. The monoisotopic (exact) mass is 798 g/mol. The van der Waals surface area contributed by atoms with E-state index in [1.54, 1.807) is 6.07 Å². The molecule has 2 aliphatic rings. The molecule has 2 amide bonds. The number of esters is 1. The zero-order valence-corrected chi connectivity index (χ0v) is 29.0. The largest absolute Gasteiger partial charge is 0.479 e. The second-order valence-electron chi connectivity index (χ2n) is 10.8. The standard InChI is InChI=1S/C31H15Cl5N2O11S/c32-12-8-15(50(46,47)48)25(35)22-18(12)30(44)38(31(22)45)14-3-1-2-10-4-6-13(37-27(10)14)19-28(42)20-21(29(19)43)26(36)24(34)11(23(20)33)5-7-17(41)49-9-16(39)40/h1-4,6,8,19H,5,7,9H2,(H,39,40)(H,46,47,48). The molecule has 13 nitrogen and oxygen atoms in total. The van der Waals surface area contributed by atoms with Crippen molar-refractivity contribution < 1.29 is 51.6 Å². The van der Waals surface area contributed by atoms with Gasteiger partial charge >= 0.3 is 11.9 Å². The molecule has 19 heteroatoms. The number of imide groups is 1. The summed E-state index contributed by atoms with van der Waals surface area (Å²) in [6.07, 6.45) is -0.597. The van der Waals surface area contributed by atoms with Gasteiger partial charge in [-0.05, 0) is 30.2 Å². The predicted molar refractivity (Wildman–Crippen MR) is 179 cm³/mol. The lowest BCUT2D eigenvalue weighted by molar-refractivity contribution is -0.155. The minimum atomic E-state index is -4.95. The Kier molecular flexibility index (Phi) is 9.18. The quantitative estimate of drug-likeness (QED) is 0.0666. The number of pyridine rings is 1. The molecule has 2 N–H and O–H groups in total. The van der Waals surface area contributed by atoms with Crippen LogP contribution in [-0.4, -0.2) is 65.0 Å². The van der Waals surface area contributed by atoms with Crippen molar-refractivity contribution in [3.05, 3.63) is 95.0 Å². The van der Waals surface area contributed by atoms with E-state index < -0.39 is 84.0 Å². The molecular formula is C31H15Cl5N2O11S. The number of halogens is 5. The number of aliphatic carboxylic acids is 1. The van der Waals surface area contributed by atoms with E-state index >= 15 is 0 Å². The van der Waals surface area contributed by atoms with Gasteiger partial charge in [0.05, 0.1) is 64.3 Å². The lowest BCUT2D eigenvalue weighted by Gasteiger charge is -2.17. The van der Waals surface area contributed by atoms with Gasteiger partial charge in [-0.15, -0.1) is 0 Å². The molecule has 1 aromatic heterocycles. The summed E-state index contributed by atoms with van der Waals surface area (Å²) >= 11 is 31.8. The number of fused-ring (bicyclic) bond motifs is 3. The molecule has 2 heterocycles. The Hall–Kier alpha value is -4.15. The van der Waals surface area contributed by atoms with Crippen molar-refractivity contribution in [2.45, 2.75) is 23.7 Å². The van der Waals surface area contributed by atoms with Gasteiger partial charge in [-0.25, -0.2) is 14.7 Å². The normalized spacial score (nSPS) is 15.6. The van der Waals surface area contributed by atoms with Crippen LogP contribution in [0.1, 0.15) is 65.0 Å². The molecule has 0 spiro atoms. The van der Waals surface area contributed by atoms with Crippen LogP contribution in [0.25, 0.3) is 10.9 Å². The number of ketones is 2. The number of amides is 2. The molecule has 256 valence electrons. The van der Waals surface area contributed by atoms with Crippen LogP contribution in [-0.2, 0) is 30.9 Å². The summed E-state index contributed by atoms with van der Waals surface area (Å²) in [5.74, 6) is -7.58. The predicted octanol–water partition coefficient (Wildman–Crippen LogP) is 6.27. The van der Waals surface area contributed by atoms with Crippen LogP contribution in [0.2, 0.25) is 25.1 Å². The first kappa shape index (κ1) is 35.7. The molecule has 1 unspecified atom stereocenters. The molecule has 1 atom stereocenters. The Morgan fingerprint density at radius 3 is 2.12 bits per heavy atom. The Morgan fingerprint density at radius 1 is 0.840 bits per heavy atom. The average Bonchev–Trinajstić information content (AvgIpc) is 3.47.